The van der Waals surface area contributed by atoms with Crippen LogP contribution in [0, 0.1) is 11.7 Å². The van der Waals surface area contributed by atoms with Crippen LogP contribution >= 0.6 is 0 Å². The molecular weight excluding hydrogens is 245 g/mol. The molecule has 2 bridgehead atoms. The van der Waals surface area contributed by atoms with E-state index in [9.17, 15) is 14.3 Å². The lowest BCUT2D eigenvalue weighted by molar-refractivity contribution is -0.142. The predicted molar refractivity (Wildman–Crippen MR) is 69.2 cm³/mol. The number of carboxylic acids is 1. The summed E-state index contributed by atoms with van der Waals surface area (Å²) in [5, 5.41) is 9.27. The van der Waals surface area contributed by atoms with Gasteiger partial charge in [-0.3, -0.25) is 9.69 Å². The molecule has 0 spiro atoms. The Kier molecular flexibility index (Phi) is 3.05. The van der Waals surface area contributed by atoms with Gasteiger partial charge in [-0.25, -0.2) is 4.39 Å². The monoisotopic (exact) mass is 263 g/mol. The molecule has 2 aliphatic rings. The molecule has 0 aromatic heterocycles. The minimum absolute atomic E-state index is 0.141. The van der Waals surface area contributed by atoms with Crippen LogP contribution in [0.15, 0.2) is 24.3 Å². The second-order valence-electron chi connectivity index (χ2n) is 5.65. The molecule has 102 valence electrons. The SMILES string of the molecule is CC(c1ccc(F)cc1)N1C2CCC1C(C(=O)O)C2. The number of halogens is 1. The number of benzene rings is 1. The summed E-state index contributed by atoms with van der Waals surface area (Å²) in [6, 6.07) is 7.20. The van der Waals surface area contributed by atoms with E-state index < -0.39 is 5.97 Å². The Morgan fingerprint density at radius 2 is 2.05 bits per heavy atom. The van der Waals surface area contributed by atoms with E-state index in [0.29, 0.717) is 6.04 Å². The first kappa shape index (κ1) is 12.6. The molecule has 0 amide bonds. The minimum Gasteiger partial charge on any atom is -0.481 e. The molecule has 2 fully saturated rings. The van der Waals surface area contributed by atoms with E-state index in [1.165, 1.54) is 12.1 Å². The molecule has 3 rings (SSSR count). The molecule has 2 saturated heterocycles. The predicted octanol–water partition coefficient (Wildman–Crippen LogP) is 2.82. The van der Waals surface area contributed by atoms with Gasteiger partial charge in [0.05, 0.1) is 5.92 Å². The zero-order valence-electron chi connectivity index (χ0n) is 10.9. The quantitative estimate of drug-likeness (QED) is 0.911. The number of hydrogen-bond acceptors (Lipinski definition) is 2. The standard InChI is InChI=1S/C15H18FNO2/c1-9(10-2-4-11(16)5-3-10)17-12-6-7-14(17)13(8-12)15(18)19/h2-5,9,12-14H,6-8H2,1H3,(H,18,19). The zero-order chi connectivity index (χ0) is 13.6. The second-order valence-corrected chi connectivity index (χ2v) is 5.65. The Morgan fingerprint density at radius 3 is 2.63 bits per heavy atom. The summed E-state index contributed by atoms with van der Waals surface area (Å²) in [4.78, 5) is 13.6. The van der Waals surface area contributed by atoms with Crippen molar-refractivity contribution in [3.8, 4) is 0 Å². The normalized spacial score (nSPS) is 31.6. The molecular formula is C15H18FNO2. The van der Waals surface area contributed by atoms with E-state index in [1.54, 1.807) is 12.1 Å². The highest BCUT2D eigenvalue weighted by Gasteiger charge is 2.50. The van der Waals surface area contributed by atoms with Crippen LogP contribution in [-0.2, 0) is 4.79 Å². The topological polar surface area (TPSA) is 40.5 Å². The fourth-order valence-corrected chi connectivity index (χ4v) is 3.81. The van der Waals surface area contributed by atoms with Crippen LogP contribution in [0.25, 0.3) is 0 Å². The number of carbonyl (C=O) groups is 1. The fraction of sp³-hybridized carbons (Fsp3) is 0.533. The van der Waals surface area contributed by atoms with E-state index in [2.05, 4.69) is 11.8 Å². The van der Waals surface area contributed by atoms with E-state index in [-0.39, 0.29) is 23.8 Å². The van der Waals surface area contributed by atoms with Gasteiger partial charge in [-0.1, -0.05) is 12.1 Å². The van der Waals surface area contributed by atoms with Gasteiger partial charge in [-0.2, -0.15) is 0 Å². The average molecular weight is 263 g/mol. The van der Waals surface area contributed by atoms with Gasteiger partial charge < -0.3 is 5.11 Å². The number of rotatable bonds is 3. The molecule has 4 unspecified atom stereocenters. The van der Waals surface area contributed by atoms with Gasteiger partial charge in [0, 0.05) is 18.1 Å². The third-order valence-corrected chi connectivity index (χ3v) is 4.71. The number of hydrogen-bond donors (Lipinski definition) is 1. The highest BCUT2D eigenvalue weighted by atomic mass is 19.1. The van der Waals surface area contributed by atoms with Crippen LogP contribution in [0.1, 0.15) is 37.8 Å². The highest BCUT2D eigenvalue weighted by Crippen LogP contribution is 2.46. The van der Waals surface area contributed by atoms with E-state index in [1.807, 2.05) is 0 Å². The molecule has 1 aromatic carbocycles. The largest absolute Gasteiger partial charge is 0.481 e. The van der Waals surface area contributed by atoms with E-state index in [4.69, 9.17) is 0 Å². The lowest BCUT2D eigenvalue weighted by Crippen LogP contribution is -2.34. The van der Waals surface area contributed by atoms with Crippen molar-refractivity contribution >= 4 is 5.97 Å². The molecule has 4 heteroatoms. The molecule has 0 saturated carbocycles. The maximum absolute atomic E-state index is 13.0. The second kappa shape index (κ2) is 4.60. The molecule has 0 aliphatic carbocycles. The number of fused-ring (bicyclic) bond motifs is 2. The van der Waals surface area contributed by atoms with Crippen molar-refractivity contribution in [2.75, 3.05) is 0 Å². The Bertz CT molecular complexity index is 487. The van der Waals surface area contributed by atoms with Gasteiger partial charge in [0.2, 0.25) is 0 Å². The summed E-state index contributed by atoms with van der Waals surface area (Å²) in [6.07, 6.45) is 2.80. The molecule has 2 heterocycles. The maximum atomic E-state index is 13.0. The molecule has 19 heavy (non-hydrogen) atoms. The first-order valence-corrected chi connectivity index (χ1v) is 6.83. The van der Waals surface area contributed by atoms with Crippen LogP contribution in [0.3, 0.4) is 0 Å². The van der Waals surface area contributed by atoms with Gasteiger partial charge >= 0.3 is 5.97 Å². The van der Waals surface area contributed by atoms with E-state index >= 15 is 0 Å². The average Bonchev–Trinajstić information content (AvgIpc) is 2.96. The number of aliphatic carboxylic acids is 1. The van der Waals surface area contributed by atoms with Crippen molar-refractivity contribution in [2.24, 2.45) is 5.92 Å². The molecule has 2 aliphatic heterocycles. The van der Waals surface area contributed by atoms with Crippen molar-refractivity contribution < 1.29 is 14.3 Å². The maximum Gasteiger partial charge on any atom is 0.308 e. The summed E-state index contributed by atoms with van der Waals surface area (Å²) in [5.41, 5.74) is 1.06. The van der Waals surface area contributed by atoms with Crippen LogP contribution in [0.4, 0.5) is 4.39 Å². The summed E-state index contributed by atoms with van der Waals surface area (Å²) in [5.74, 6) is -1.14. The van der Waals surface area contributed by atoms with Crippen LogP contribution in [0.5, 0.6) is 0 Å². The number of nitrogens with zero attached hydrogens (tertiary/aromatic N) is 1. The van der Waals surface area contributed by atoms with Gasteiger partial charge in [-0.05, 0) is 43.9 Å². The van der Waals surface area contributed by atoms with Crippen molar-refractivity contribution in [3.05, 3.63) is 35.6 Å². The first-order valence-electron chi connectivity index (χ1n) is 6.83. The van der Waals surface area contributed by atoms with Gasteiger partial charge in [0.15, 0.2) is 0 Å². The third kappa shape index (κ3) is 2.04. The van der Waals surface area contributed by atoms with Gasteiger partial charge in [-0.15, -0.1) is 0 Å². The Morgan fingerprint density at radius 1 is 1.37 bits per heavy atom. The van der Waals surface area contributed by atoms with Crippen molar-refractivity contribution in [1.82, 2.24) is 4.90 Å². The fourth-order valence-electron chi connectivity index (χ4n) is 3.81. The van der Waals surface area contributed by atoms with Gasteiger partial charge in [0.25, 0.3) is 0 Å². The van der Waals surface area contributed by atoms with Crippen LogP contribution < -0.4 is 0 Å². The molecule has 0 radical (unpaired) electrons. The van der Waals surface area contributed by atoms with Gasteiger partial charge in [0.1, 0.15) is 5.82 Å². The zero-order valence-corrected chi connectivity index (χ0v) is 10.9. The van der Waals surface area contributed by atoms with Crippen molar-refractivity contribution in [3.63, 3.8) is 0 Å². The summed E-state index contributed by atoms with van der Waals surface area (Å²) >= 11 is 0. The van der Waals surface area contributed by atoms with E-state index in [0.717, 1.165) is 24.8 Å². The van der Waals surface area contributed by atoms with Crippen molar-refractivity contribution in [1.29, 1.82) is 0 Å². The lowest BCUT2D eigenvalue weighted by Gasteiger charge is -2.30. The minimum atomic E-state index is -0.677. The highest BCUT2D eigenvalue weighted by molar-refractivity contribution is 5.71. The van der Waals surface area contributed by atoms with Crippen LogP contribution in [0.2, 0.25) is 0 Å². The molecule has 3 nitrogen and oxygen atoms in total. The van der Waals surface area contributed by atoms with Crippen LogP contribution in [-0.4, -0.2) is 28.1 Å². The third-order valence-electron chi connectivity index (χ3n) is 4.71. The molecule has 4 atom stereocenters. The summed E-state index contributed by atoms with van der Waals surface area (Å²) in [7, 11) is 0. The Labute approximate surface area is 112 Å². The smallest absolute Gasteiger partial charge is 0.308 e. The lowest BCUT2D eigenvalue weighted by atomic mass is 9.89. The molecule has 1 aromatic rings. The van der Waals surface area contributed by atoms with Crippen molar-refractivity contribution in [2.45, 2.75) is 44.3 Å². The number of carboxylic acid groups (broad SMARTS) is 1. The summed E-state index contributed by atoms with van der Waals surface area (Å²) < 4.78 is 13.0. The summed E-state index contributed by atoms with van der Waals surface area (Å²) in [6.45, 7) is 2.09. The molecule has 1 N–H and O–H groups in total. The Balaban J connectivity index is 1.83. The Hall–Kier alpha value is -1.42. The first-order chi connectivity index (χ1) is 9.08.